The van der Waals surface area contributed by atoms with E-state index >= 15 is 0 Å². The van der Waals surface area contributed by atoms with Gasteiger partial charge in [-0.15, -0.1) is 0 Å². The summed E-state index contributed by atoms with van der Waals surface area (Å²) in [5, 5.41) is 2.81. The zero-order chi connectivity index (χ0) is 32.3. The number of sulfonamides is 1. The summed E-state index contributed by atoms with van der Waals surface area (Å²) in [4.78, 5) is 42.6. The topological polar surface area (TPSA) is 126 Å². The van der Waals surface area contributed by atoms with Crippen molar-refractivity contribution in [1.82, 2.24) is 14.1 Å². The SMILES string of the molecule is COC(=O)c1ccc(NC(=O)N2CCN(S(=O)(=O)c3ccc4c(c3)CCO4)C(C(=O)N3CCC(Cc4ccccc4)CC3)C2)cc1. The summed E-state index contributed by atoms with van der Waals surface area (Å²) < 4.78 is 39.7. The number of amides is 3. The number of hydrogen-bond acceptors (Lipinski definition) is 7. The van der Waals surface area contributed by atoms with Crippen molar-refractivity contribution < 1.29 is 32.3 Å². The zero-order valence-electron chi connectivity index (χ0n) is 25.8. The molecular weight excluding hydrogens is 608 g/mol. The summed E-state index contributed by atoms with van der Waals surface area (Å²) in [6.45, 7) is 1.51. The fourth-order valence-electron chi connectivity index (χ4n) is 6.42. The van der Waals surface area contributed by atoms with E-state index in [1.807, 2.05) is 18.2 Å². The van der Waals surface area contributed by atoms with Gasteiger partial charge in [0.05, 0.1) is 24.2 Å². The number of urea groups is 1. The molecular formula is C34H38N4O7S. The van der Waals surface area contributed by atoms with Crippen LogP contribution >= 0.6 is 0 Å². The van der Waals surface area contributed by atoms with Crippen LogP contribution in [0.3, 0.4) is 0 Å². The molecule has 3 aromatic carbocycles. The third-order valence-electron chi connectivity index (χ3n) is 9.02. The molecule has 0 radical (unpaired) electrons. The molecule has 46 heavy (non-hydrogen) atoms. The van der Waals surface area contributed by atoms with Crippen molar-refractivity contribution in [3.05, 3.63) is 89.5 Å². The molecule has 242 valence electrons. The van der Waals surface area contributed by atoms with E-state index in [0.717, 1.165) is 24.8 Å². The van der Waals surface area contributed by atoms with Crippen LogP contribution < -0.4 is 10.1 Å². The Morgan fingerprint density at radius 3 is 2.37 bits per heavy atom. The maximum absolute atomic E-state index is 14.1. The molecule has 3 heterocycles. The number of hydrogen-bond donors (Lipinski definition) is 1. The van der Waals surface area contributed by atoms with Crippen LogP contribution in [0.5, 0.6) is 5.75 Å². The fourth-order valence-corrected chi connectivity index (χ4v) is 8.04. The number of ether oxygens (including phenoxy) is 2. The first-order valence-electron chi connectivity index (χ1n) is 15.6. The predicted octanol–water partition coefficient (Wildman–Crippen LogP) is 3.80. The van der Waals surface area contributed by atoms with Gasteiger partial charge in [0.2, 0.25) is 15.9 Å². The van der Waals surface area contributed by atoms with Crippen LogP contribution in [0, 0.1) is 5.92 Å². The highest BCUT2D eigenvalue weighted by Crippen LogP contribution is 2.31. The van der Waals surface area contributed by atoms with E-state index in [-0.39, 0.29) is 30.4 Å². The number of nitrogens with zero attached hydrogens (tertiary/aromatic N) is 3. The standard InChI is InChI=1S/C34H38N4O7S/c1-44-33(40)26-7-9-28(10-8-26)35-34(41)37-18-19-38(46(42,43)29-11-12-31-27(22-29)15-20-45-31)30(23-37)32(39)36-16-13-25(14-17-36)21-24-5-3-2-4-6-24/h2-12,22,25,30H,13-21,23H2,1H3,(H,35,41). The minimum Gasteiger partial charge on any atom is -0.493 e. The third-order valence-corrected chi connectivity index (χ3v) is 10.9. The molecule has 0 aromatic heterocycles. The Balaban J connectivity index is 1.19. The lowest BCUT2D eigenvalue weighted by Crippen LogP contribution is -2.62. The van der Waals surface area contributed by atoms with E-state index in [9.17, 15) is 22.8 Å². The largest absolute Gasteiger partial charge is 0.493 e. The molecule has 0 saturated carbocycles. The number of carbonyl (C=O) groups excluding carboxylic acids is 3. The number of rotatable bonds is 7. The molecule has 3 aromatic rings. The van der Waals surface area contributed by atoms with Gasteiger partial charge in [0.25, 0.3) is 0 Å². The Bertz CT molecular complexity index is 1690. The molecule has 3 amide bonds. The average molecular weight is 647 g/mol. The average Bonchev–Trinajstić information content (AvgIpc) is 3.57. The summed E-state index contributed by atoms with van der Waals surface area (Å²) in [7, 11) is -2.77. The Morgan fingerprint density at radius 2 is 1.65 bits per heavy atom. The predicted molar refractivity (Wildman–Crippen MR) is 171 cm³/mol. The number of benzene rings is 3. The highest BCUT2D eigenvalue weighted by Gasteiger charge is 2.43. The van der Waals surface area contributed by atoms with Gasteiger partial charge in [-0.3, -0.25) is 4.79 Å². The van der Waals surface area contributed by atoms with Gasteiger partial charge in [0.15, 0.2) is 0 Å². The van der Waals surface area contributed by atoms with Crippen molar-refractivity contribution in [2.24, 2.45) is 5.92 Å². The van der Waals surface area contributed by atoms with Gasteiger partial charge in [-0.25, -0.2) is 18.0 Å². The maximum atomic E-state index is 14.1. The van der Waals surface area contributed by atoms with Gasteiger partial charge in [-0.05, 0) is 78.8 Å². The Hall–Kier alpha value is -4.42. The van der Waals surface area contributed by atoms with Gasteiger partial charge in [-0.2, -0.15) is 4.31 Å². The number of likely N-dealkylation sites (tertiary alicyclic amines) is 1. The molecule has 11 nitrogen and oxygen atoms in total. The minimum absolute atomic E-state index is 0.0362. The molecule has 2 saturated heterocycles. The summed E-state index contributed by atoms with van der Waals surface area (Å²) in [5.41, 5.74) is 2.88. The van der Waals surface area contributed by atoms with Gasteiger partial charge in [0, 0.05) is 44.8 Å². The van der Waals surface area contributed by atoms with E-state index in [0.29, 0.717) is 49.0 Å². The smallest absolute Gasteiger partial charge is 0.337 e. The number of piperazine rings is 1. The molecule has 0 spiro atoms. The molecule has 1 atom stereocenters. The van der Waals surface area contributed by atoms with E-state index in [2.05, 4.69) is 17.4 Å². The maximum Gasteiger partial charge on any atom is 0.337 e. The van der Waals surface area contributed by atoms with Crippen LogP contribution in [0.2, 0.25) is 0 Å². The molecule has 0 bridgehead atoms. The molecule has 6 rings (SSSR count). The van der Waals surface area contributed by atoms with Crippen LogP contribution in [0.4, 0.5) is 10.5 Å². The lowest BCUT2D eigenvalue weighted by atomic mass is 9.90. The number of esters is 1. The van der Waals surface area contributed by atoms with Gasteiger partial charge in [0.1, 0.15) is 11.8 Å². The highest BCUT2D eigenvalue weighted by molar-refractivity contribution is 7.89. The second kappa shape index (κ2) is 13.5. The quantitative estimate of drug-likeness (QED) is 0.387. The molecule has 1 N–H and O–H groups in total. The Morgan fingerprint density at radius 1 is 0.913 bits per heavy atom. The number of methoxy groups -OCH3 is 1. The van der Waals surface area contributed by atoms with E-state index in [1.165, 1.54) is 27.9 Å². The fraction of sp³-hybridized carbons (Fsp3) is 0.382. The van der Waals surface area contributed by atoms with Gasteiger partial charge >= 0.3 is 12.0 Å². The molecule has 12 heteroatoms. The van der Waals surface area contributed by atoms with Crippen LogP contribution in [-0.2, 0) is 32.4 Å². The number of piperidine rings is 1. The lowest BCUT2D eigenvalue weighted by molar-refractivity contribution is -0.138. The van der Waals surface area contributed by atoms with Crippen LogP contribution in [0.1, 0.15) is 34.3 Å². The highest BCUT2D eigenvalue weighted by atomic mass is 32.2. The van der Waals surface area contributed by atoms with Crippen LogP contribution in [-0.4, -0.2) is 92.9 Å². The van der Waals surface area contributed by atoms with Crippen molar-refractivity contribution >= 4 is 33.6 Å². The minimum atomic E-state index is -4.06. The molecule has 3 aliphatic heterocycles. The van der Waals surface area contributed by atoms with Crippen molar-refractivity contribution in [2.75, 3.05) is 51.8 Å². The molecule has 2 fully saturated rings. The monoisotopic (exact) mass is 646 g/mol. The van der Waals surface area contributed by atoms with Crippen LogP contribution in [0.15, 0.2) is 77.7 Å². The molecule has 1 unspecified atom stereocenters. The number of nitrogens with one attached hydrogen (secondary N) is 1. The number of anilines is 1. The first kappa shape index (κ1) is 31.6. The Kier molecular flexibility index (Phi) is 9.27. The van der Waals surface area contributed by atoms with Gasteiger partial charge < -0.3 is 24.6 Å². The van der Waals surface area contributed by atoms with Crippen molar-refractivity contribution in [2.45, 2.75) is 36.6 Å². The first-order chi connectivity index (χ1) is 22.2. The summed E-state index contributed by atoms with van der Waals surface area (Å²) in [6, 6.07) is 19.8. The van der Waals surface area contributed by atoms with E-state index in [4.69, 9.17) is 9.47 Å². The molecule has 0 aliphatic carbocycles. The van der Waals surface area contributed by atoms with E-state index in [1.54, 1.807) is 41.3 Å². The summed E-state index contributed by atoms with van der Waals surface area (Å²) >= 11 is 0. The zero-order valence-corrected chi connectivity index (χ0v) is 26.6. The van der Waals surface area contributed by atoms with Gasteiger partial charge in [-0.1, -0.05) is 30.3 Å². The molecule has 3 aliphatic rings. The van der Waals surface area contributed by atoms with Crippen LogP contribution in [0.25, 0.3) is 0 Å². The second-order valence-corrected chi connectivity index (χ2v) is 13.8. The first-order valence-corrected chi connectivity index (χ1v) is 17.0. The number of carbonyl (C=O) groups is 3. The van der Waals surface area contributed by atoms with Crippen molar-refractivity contribution in [3.8, 4) is 5.75 Å². The number of fused-ring (bicyclic) bond motifs is 1. The second-order valence-electron chi connectivity index (χ2n) is 11.9. The Labute approximate surface area is 269 Å². The van der Waals surface area contributed by atoms with E-state index < -0.39 is 28.1 Å². The van der Waals surface area contributed by atoms with Crippen molar-refractivity contribution in [3.63, 3.8) is 0 Å². The van der Waals surface area contributed by atoms with Crippen molar-refractivity contribution in [1.29, 1.82) is 0 Å². The lowest BCUT2D eigenvalue weighted by Gasteiger charge is -2.42. The third kappa shape index (κ3) is 6.73. The summed E-state index contributed by atoms with van der Waals surface area (Å²) in [6.07, 6.45) is 3.18. The summed E-state index contributed by atoms with van der Waals surface area (Å²) in [5.74, 6) is 0.313. The normalized spacial score (nSPS) is 18.8.